The highest BCUT2D eigenvalue weighted by atomic mass is 32.2. The molecule has 1 aromatic carbocycles. The zero-order valence-corrected chi connectivity index (χ0v) is 12.7. The second-order valence-electron chi connectivity index (χ2n) is 5.13. The molecule has 21 heavy (non-hydrogen) atoms. The van der Waals surface area contributed by atoms with Crippen molar-refractivity contribution >= 4 is 15.7 Å². The van der Waals surface area contributed by atoms with E-state index in [9.17, 15) is 8.42 Å². The predicted octanol–water partition coefficient (Wildman–Crippen LogP) is 1.26. The second-order valence-corrected chi connectivity index (χ2v) is 6.90. The number of aromatic nitrogens is 2. The molecule has 0 fully saturated rings. The van der Waals surface area contributed by atoms with E-state index in [1.165, 1.54) is 0 Å². The molecule has 0 unspecified atom stereocenters. The highest BCUT2D eigenvalue weighted by molar-refractivity contribution is 7.89. The first-order valence-electron chi connectivity index (χ1n) is 6.89. The zero-order valence-electron chi connectivity index (χ0n) is 11.8. The molecular weight excluding hydrogens is 288 g/mol. The van der Waals surface area contributed by atoms with Crippen molar-refractivity contribution in [2.75, 3.05) is 11.9 Å². The molecule has 2 heterocycles. The van der Waals surface area contributed by atoms with Crippen molar-refractivity contribution in [1.82, 2.24) is 14.3 Å². The van der Waals surface area contributed by atoms with Gasteiger partial charge in [-0.3, -0.25) is 0 Å². The Kier molecular flexibility index (Phi) is 3.69. The van der Waals surface area contributed by atoms with E-state index in [1.807, 2.05) is 13.1 Å². The Balaban J connectivity index is 1.80. The van der Waals surface area contributed by atoms with E-state index in [2.05, 4.69) is 15.0 Å². The molecule has 0 aliphatic carbocycles. The summed E-state index contributed by atoms with van der Waals surface area (Å²) < 4.78 is 29.1. The van der Waals surface area contributed by atoms with Crippen molar-refractivity contribution in [2.45, 2.75) is 24.3 Å². The fourth-order valence-corrected chi connectivity index (χ4v) is 3.46. The average Bonchev–Trinajstić information content (AvgIpc) is 2.90. The Morgan fingerprint density at radius 2 is 2.29 bits per heavy atom. The average molecular weight is 306 g/mol. The van der Waals surface area contributed by atoms with Crippen LogP contribution in [0.3, 0.4) is 0 Å². The Morgan fingerprint density at radius 3 is 3.05 bits per heavy atom. The van der Waals surface area contributed by atoms with E-state index in [0.717, 1.165) is 30.6 Å². The van der Waals surface area contributed by atoms with Crippen LogP contribution < -0.4 is 10.0 Å². The fourth-order valence-electron chi connectivity index (χ4n) is 2.43. The van der Waals surface area contributed by atoms with Crippen LogP contribution in [-0.2, 0) is 30.0 Å². The summed E-state index contributed by atoms with van der Waals surface area (Å²) in [6.45, 7) is 1.12. The monoisotopic (exact) mass is 306 g/mol. The number of anilines is 1. The molecular formula is C14H18N4O2S. The number of nitrogens with one attached hydrogen (secondary N) is 2. The van der Waals surface area contributed by atoms with E-state index >= 15 is 0 Å². The number of nitrogens with zero attached hydrogens (tertiary/aromatic N) is 2. The molecule has 3 rings (SSSR count). The summed E-state index contributed by atoms with van der Waals surface area (Å²) in [6, 6.07) is 5.23. The largest absolute Gasteiger partial charge is 0.385 e. The van der Waals surface area contributed by atoms with Gasteiger partial charge in [-0.15, -0.1) is 0 Å². The predicted molar refractivity (Wildman–Crippen MR) is 80.5 cm³/mol. The highest BCUT2D eigenvalue weighted by Gasteiger charge is 2.18. The summed E-state index contributed by atoms with van der Waals surface area (Å²) >= 11 is 0. The number of hydrogen-bond donors (Lipinski definition) is 2. The topological polar surface area (TPSA) is 76.0 Å². The first-order valence-corrected chi connectivity index (χ1v) is 8.37. The van der Waals surface area contributed by atoms with E-state index in [4.69, 9.17) is 0 Å². The van der Waals surface area contributed by atoms with Crippen LogP contribution in [0.5, 0.6) is 0 Å². The SMILES string of the molecule is Cn1ccnc1CNS(=O)(=O)c1ccc2c(c1)CCCN2. The number of hydrogen-bond acceptors (Lipinski definition) is 4. The standard InChI is InChI=1S/C14H18N4O2S/c1-18-8-7-16-14(18)10-17-21(19,20)12-4-5-13-11(9-12)3-2-6-15-13/h4-5,7-9,15,17H,2-3,6,10H2,1H3. The van der Waals surface area contributed by atoms with Gasteiger partial charge in [0.25, 0.3) is 0 Å². The first kappa shape index (κ1) is 14.1. The molecule has 7 heteroatoms. The highest BCUT2D eigenvalue weighted by Crippen LogP contribution is 2.24. The van der Waals surface area contributed by atoms with Crippen molar-refractivity contribution in [3.8, 4) is 0 Å². The molecule has 0 radical (unpaired) electrons. The summed E-state index contributed by atoms with van der Waals surface area (Å²) in [6.07, 6.45) is 5.37. The molecule has 0 spiro atoms. The van der Waals surface area contributed by atoms with E-state index < -0.39 is 10.0 Å². The van der Waals surface area contributed by atoms with Gasteiger partial charge in [-0.25, -0.2) is 18.1 Å². The van der Waals surface area contributed by atoms with E-state index in [1.54, 1.807) is 29.1 Å². The first-order chi connectivity index (χ1) is 10.1. The normalized spacial score (nSPS) is 14.5. The van der Waals surface area contributed by atoms with Crippen LogP contribution in [0.25, 0.3) is 0 Å². The summed E-state index contributed by atoms with van der Waals surface area (Å²) in [5, 5.41) is 3.27. The van der Waals surface area contributed by atoms with Crippen LogP contribution in [0.4, 0.5) is 5.69 Å². The van der Waals surface area contributed by atoms with Gasteiger partial charge in [-0.1, -0.05) is 0 Å². The lowest BCUT2D eigenvalue weighted by molar-refractivity contribution is 0.577. The molecule has 0 bridgehead atoms. The Labute approximate surface area is 124 Å². The summed E-state index contributed by atoms with van der Waals surface area (Å²) in [4.78, 5) is 4.41. The number of aryl methyl sites for hydroxylation is 2. The minimum absolute atomic E-state index is 0.182. The Bertz CT molecular complexity index is 752. The Hall–Kier alpha value is -1.86. The van der Waals surface area contributed by atoms with Crippen LogP contribution in [0.2, 0.25) is 0 Å². The third-order valence-corrected chi connectivity index (χ3v) is 5.07. The zero-order chi connectivity index (χ0) is 14.9. The summed E-state index contributed by atoms with van der Waals surface area (Å²) in [7, 11) is -1.68. The third-order valence-electron chi connectivity index (χ3n) is 3.67. The maximum Gasteiger partial charge on any atom is 0.240 e. The maximum atomic E-state index is 12.4. The van der Waals surface area contributed by atoms with Crippen LogP contribution in [0, 0.1) is 0 Å². The van der Waals surface area contributed by atoms with Gasteiger partial charge in [0.15, 0.2) is 0 Å². The van der Waals surface area contributed by atoms with Crippen LogP contribution in [-0.4, -0.2) is 24.5 Å². The number of imidazole rings is 1. The van der Waals surface area contributed by atoms with Gasteiger partial charge >= 0.3 is 0 Å². The second kappa shape index (κ2) is 5.50. The lowest BCUT2D eigenvalue weighted by atomic mass is 10.0. The molecule has 1 aliphatic heterocycles. The molecule has 1 aromatic heterocycles. The third kappa shape index (κ3) is 2.93. The number of benzene rings is 1. The molecule has 0 saturated heterocycles. The van der Waals surface area contributed by atoms with Gasteiger partial charge in [0.1, 0.15) is 5.82 Å². The van der Waals surface area contributed by atoms with Crippen molar-refractivity contribution in [2.24, 2.45) is 7.05 Å². The van der Waals surface area contributed by atoms with Crippen LogP contribution in [0.1, 0.15) is 17.8 Å². The van der Waals surface area contributed by atoms with Gasteiger partial charge in [0.05, 0.1) is 11.4 Å². The van der Waals surface area contributed by atoms with Gasteiger partial charge in [-0.2, -0.15) is 0 Å². The lowest BCUT2D eigenvalue weighted by Gasteiger charge is -2.18. The van der Waals surface area contributed by atoms with Crippen LogP contribution in [0.15, 0.2) is 35.5 Å². The summed E-state index contributed by atoms with van der Waals surface area (Å²) in [5.74, 6) is 0.679. The quantitative estimate of drug-likeness (QED) is 0.891. The van der Waals surface area contributed by atoms with Gasteiger partial charge in [0.2, 0.25) is 10.0 Å². The number of rotatable bonds is 4. The minimum Gasteiger partial charge on any atom is -0.385 e. The van der Waals surface area contributed by atoms with Crippen molar-refractivity contribution < 1.29 is 8.42 Å². The Morgan fingerprint density at radius 1 is 1.43 bits per heavy atom. The van der Waals surface area contributed by atoms with E-state index in [0.29, 0.717) is 10.7 Å². The van der Waals surface area contributed by atoms with Gasteiger partial charge < -0.3 is 9.88 Å². The number of fused-ring (bicyclic) bond motifs is 1. The molecule has 0 saturated carbocycles. The molecule has 6 nitrogen and oxygen atoms in total. The molecule has 2 aromatic rings. The smallest absolute Gasteiger partial charge is 0.240 e. The minimum atomic E-state index is -3.52. The lowest BCUT2D eigenvalue weighted by Crippen LogP contribution is -2.25. The molecule has 0 atom stereocenters. The van der Waals surface area contributed by atoms with Crippen molar-refractivity contribution in [3.05, 3.63) is 42.0 Å². The summed E-state index contributed by atoms with van der Waals surface area (Å²) in [5.41, 5.74) is 2.09. The van der Waals surface area contributed by atoms with E-state index in [-0.39, 0.29) is 6.54 Å². The molecule has 2 N–H and O–H groups in total. The number of sulfonamides is 1. The van der Waals surface area contributed by atoms with Crippen molar-refractivity contribution in [3.63, 3.8) is 0 Å². The van der Waals surface area contributed by atoms with Gasteiger partial charge in [0, 0.05) is 31.7 Å². The molecule has 1 aliphatic rings. The maximum absolute atomic E-state index is 12.4. The fraction of sp³-hybridized carbons (Fsp3) is 0.357. The van der Waals surface area contributed by atoms with Crippen LogP contribution >= 0.6 is 0 Å². The molecule has 0 amide bonds. The molecule has 112 valence electrons. The van der Waals surface area contributed by atoms with Crippen molar-refractivity contribution in [1.29, 1.82) is 0 Å². The van der Waals surface area contributed by atoms with Gasteiger partial charge in [-0.05, 0) is 36.6 Å².